The summed E-state index contributed by atoms with van der Waals surface area (Å²) in [7, 11) is 1.97. The van der Waals surface area contributed by atoms with E-state index in [1.54, 1.807) is 20.2 Å². The number of amides is 2. The molecule has 0 radical (unpaired) electrons. The average Bonchev–Trinajstić information content (AvgIpc) is 3.66. The van der Waals surface area contributed by atoms with E-state index in [0.29, 0.717) is 61.7 Å². The molecule has 6 rings (SSSR count). The van der Waals surface area contributed by atoms with E-state index in [1.807, 2.05) is 54.2 Å². The number of fused-ring (bicyclic) bond motifs is 1. The van der Waals surface area contributed by atoms with Gasteiger partial charge < -0.3 is 28.7 Å². The van der Waals surface area contributed by atoms with Gasteiger partial charge in [-0.25, -0.2) is 13.3 Å². The van der Waals surface area contributed by atoms with Crippen molar-refractivity contribution in [3.63, 3.8) is 0 Å². The molecule has 2 unspecified atom stereocenters. The van der Waals surface area contributed by atoms with Crippen molar-refractivity contribution in [3.8, 4) is 17.2 Å². The minimum atomic E-state index is -1.37. The van der Waals surface area contributed by atoms with Crippen LogP contribution in [0.3, 0.4) is 0 Å². The fourth-order valence-electron chi connectivity index (χ4n) is 6.02. The fraction of sp³-hybridized carbons (Fsp3) is 0.515. The molecule has 2 aromatic rings. The minimum absolute atomic E-state index is 0.0405. The molecule has 1 aliphatic carbocycles. The third kappa shape index (κ3) is 6.44. The second-order valence-corrected chi connectivity index (χ2v) is 14.4. The summed E-state index contributed by atoms with van der Waals surface area (Å²) in [4.78, 5) is 31.2. The van der Waals surface area contributed by atoms with Crippen molar-refractivity contribution in [1.29, 1.82) is 0 Å². The second-order valence-electron chi connectivity index (χ2n) is 12.9. The van der Waals surface area contributed by atoms with Crippen molar-refractivity contribution in [2.24, 2.45) is 0 Å². The van der Waals surface area contributed by atoms with Crippen LogP contribution in [0.2, 0.25) is 0 Å². The SMILES string of the molecule is COc1ccc(C(CN(C)C(=O)OC(C)(C)C)C(=O)N2CC3=C(C2)CN(S(=O)c2ccc4c(c2)OCCO4)C3)cc1C1CC1. The van der Waals surface area contributed by atoms with Crippen LogP contribution in [0.4, 0.5) is 4.79 Å². The lowest BCUT2D eigenvalue weighted by Gasteiger charge is -2.30. The average molecular weight is 624 g/mol. The Kier molecular flexibility index (Phi) is 8.36. The van der Waals surface area contributed by atoms with Gasteiger partial charge in [-0.15, -0.1) is 0 Å². The Balaban J connectivity index is 1.16. The third-order valence-corrected chi connectivity index (χ3v) is 9.78. The van der Waals surface area contributed by atoms with Gasteiger partial charge in [0.15, 0.2) is 11.5 Å². The number of likely N-dealkylation sites (N-methyl/N-ethyl adjacent to an activating group) is 1. The van der Waals surface area contributed by atoms with E-state index in [2.05, 4.69) is 6.07 Å². The maximum absolute atomic E-state index is 14.2. The molecule has 1 saturated carbocycles. The summed E-state index contributed by atoms with van der Waals surface area (Å²) in [5, 5.41) is 0. The number of benzene rings is 2. The quantitative estimate of drug-likeness (QED) is 0.401. The summed E-state index contributed by atoms with van der Waals surface area (Å²) < 4.78 is 37.9. The first-order valence-corrected chi connectivity index (χ1v) is 16.3. The molecule has 4 aliphatic rings. The van der Waals surface area contributed by atoms with Gasteiger partial charge in [-0.2, -0.15) is 0 Å². The standard InChI is InChI=1S/C33H41N3O7S/c1-33(2,3)43-32(38)34(4)20-27(22-8-10-28(40-5)26(14-22)21-6-7-21)31(37)35-16-23-18-36(19-24(23)17-35)44(39)25-9-11-29-30(15-25)42-13-12-41-29/h8-11,14-15,21,27H,6-7,12-13,16-20H2,1-5H3. The monoisotopic (exact) mass is 623 g/mol. The van der Waals surface area contributed by atoms with E-state index in [0.717, 1.165) is 40.9 Å². The highest BCUT2D eigenvalue weighted by Crippen LogP contribution is 2.45. The van der Waals surface area contributed by atoms with E-state index in [4.69, 9.17) is 18.9 Å². The van der Waals surface area contributed by atoms with Gasteiger partial charge in [-0.3, -0.25) is 4.79 Å². The van der Waals surface area contributed by atoms with E-state index in [9.17, 15) is 13.8 Å². The lowest BCUT2D eigenvalue weighted by Crippen LogP contribution is -2.43. The summed E-state index contributed by atoms with van der Waals surface area (Å²) in [6, 6.07) is 11.4. The van der Waals surface area contributed by atoms with Gasteiger partial charge in [0.25, 0.3) is 0 Å². The first-order valence-electron chi connectivity index (χ1n) is 15.2. The Morgan fingerprint density at radius 3 is 2.32 bits per heavy atom. The smallest absolute Gasteiger partial charge is 0.410 e. The van der Waals surface area contributed by atoms with E-state index in [-0.39, 0.29) is 12.5 Å². The highest BCUT2D eigenvalue weighted by molar-refractivity contribution is 7.82. The van der Waals surface area contributed by atoms with Crippen LogP contribution in [-0.4, -0.2) is 96.0 Å². The predicted octanol–water partition coefficient (Wildman–Crippen LogP) is 4.47. The molecule has 0 aromatic heterocycles. The molecule has 11 heteroatoms. The number of hydrogen-bond donors (Lipinski definition) is 0. The summed E-state index contributed by atoms with van der Waals surface area (Å²) >= 11 is 0. The first kappa shape index (κ1) is 30.5. The summed E-state index contributed by atoms with van der Waals surface area (Å²) in [6.45, 7) is 8.64. The molecule has 236 valence electrons. The largest absolute Gasteiger partial charge is 0.496 e. The van der Waals surface area contributed by atoms with Crippen molar-refractivity contribution in [3.05, 3.63) is 58.7 Å². The number of methoxy groups -OCH3 is 1. The normalized spacial score (nSPS) is 19.4. The van der Waals surface area contributed by atoms with Crippen molar-refractivity contribution in [1.82, 2.24) is 14.1 Å². The molecular weight excluding hydrogens is 582 g/mol. The molecule has 10 nitrogen and oxygen atoms in total. The number of hydrogen-bond acceptors (Lipinski definition) is 7. The Hall–Kier alpha value is -3.57. The number of rotatable bonds is 8. The van der Waals surface area contributed by atoms with Gasteiger partial charge in [0.2, 0.25) is 5.91 Å². The summed E-state index contributed by atoms with van der Waals surface area (Å²) in [5.41, 5.74) is 3.58. The van der Waals surface area contributed by atoms with Gasteiger partial charge in [-0.05, 0) is 80.0 Å². The van der Waals surface area contributed by atoms with Crippen LogP contribution in [0.15, 0.2) is 52.4 Å². The number of carbonyl (C=O) groups excluding carboxylic acids is 2. The molecule has 44 heavy (non-hydrogen) atoms. The molecule has 2 amide bonds. The van der Waals surface area contributed by atoms with E-state index in [1.165, 1.54) is 4.90 Å². The van der Waals surface area contributed by atoms with Gasteiger partial charge in [-0.1, -0.05) is 12.1 Å². The molecule has 0 bridgehead atoms. The Morgan fingerprint density at radius 1 is 1.00 bits per heavy atom. The van der Waals surface area contributed by atoms with Crippen LogP contribution in [0, 0.1) is 0 Å². The van der Waals surface area contributed by atoms with Gasteiger partial charge in [0.1, 0.15) is 35.5 Å². The highest BCUT2D eigenvalue weighted by Gasteiger charge is 2.39. The highest BCUT2D eigenvalue weighted by atomic mass is 32.2. The van der Waals surface area contributed by atoms with Gasteiger partial charge in [0, 0.05) is 45.8 Å². The summed E-state index contributed by atoms with van der Waals surface area (Å²) in [5.74, 6) is 1.93. The zero-order valence-electron chi connectivity index (χ0n) is 26.1. The lowest BCUT2D eigenvalue weighted by atomic mass is 9.93. The molecule has 3 heterocycles. The van der Waals surface area contributed by atoms with Crippen molar-refractivity contribution < 1.29 is 32.7 Å². The van der Waals surface area contributed by atoms with E-state index < -0.39 is 28.6 Å². The molecular formula is C33H41N3O7S. The zero-order chi connectivity index (χ0) is 31.2. The predicted molar refractivity (Wildman–Crippen MR) is 166 cm³/mol. The van der Waals surface area contributed by atoms with Crippen LogP contribution < -0.4 is 14.2 Å². The van der Waals surface area contributed by atoms with Crippen molar-refractivity contribution in [2.75, 3.05) is 60.1 Å². The zero-order valence-corrected chi connectivity index (χ0v) is 26.9. The molecule has 0 saturated heterocycles. The van der Waals surface area contributed by atoms with Gasteiger partial charge in [0.05, 0.1) is 17.9 Å². The topological polar surface area (TPSA) is 97.9 Å². The van der Waals surface area contributed by atoms with Crippen LogP contribution in [0.5, 0.6) is 17.2 Å². The molecule has 0 spiro atoms. The Morgan fingerprint density at radius 2 is 1.68 bits per heavy atom. The Labute approximate surface area is 261 Å². The van der Waals surface area contributed by atoms with E-state index >= 15 is 0 Å². The maximum atomic E-state index is 14.2. The van der Waals surface area contributed by atoms with Gasteiger partial charge >= 0.3 is 6.09 Å². The number of ether oxygens (including phenoxy) is 4. The second kappa shape index (κ2) is 12.1. The maximum Gasteiger partial charge on any atom is 0.410 e. The van der Waals surface area contributed by atoms with Crippen molar-refractivity contribution >= 4 is 23.0 Å². The van der Waals surface area contributed by atoms with Crippen LogP contribution in [0.25, 0.3) is 0 Å². The molecule has 3 aliphatic heterocycles. The first-order chi connectivity index (χ1) is 21.0. The lowest BCUT2D eigenvalue weighted by molar-refractivity contribution is -0.132. The number of nitrogens with zero attached hydrogens (tertiary/aromatic N) is 3. The minimum Gasteiger partial charge on any atom is -0.496 e. The third-order valence-electron chi connectivity index (χ3n) is 8.39. The molecule has 2 aromatic carbocycles. The number of carbonyl (C=O) groups is 2. The van der Waals surface area contributed by atoms with Crippen LogP contribution in [0.1, 0.15) is 56.6 Å². The summed E-state index contributed by atoms with van der Waals surface area (Å²) in [6.07, 6.45) is 1.73. The Bertz CT molecular complexity index is 1500. The molecule has 2 atom stereocenters. The fourth-order valence-corrected chi connectivity index (χ4v) is 7.25. The van der Waals surface area contributed by atoms with Crippen molar-refractivity contribution in [2.45, 2.75) is 55.9 Å². The molecule has 1 fully saturated rings. The van der Waals surface area contributed by atoms with Crippen LogP contribution >= 0.6 is 0 Å². The molecule has 0 N–H and O–H groups in total. The van der Waals surface area contributed by atoms with Crippen LogP contribution in [-0.2, 0) is 20.5 Å².